The molecule has 1 heterocycles. The molecule has 0 saturated carbocycles. The van der Waals surface area contributed by atoms with Crippen LogP contribution in [-0.4, -0.2) is 19.0 Å². The van der Waals surface area contributed by atoms with Crippen molar-refractivity contribution < 1.29 is 9.21 Å². The molecular weight excluding hydrogens is 228 g/mol. The second-order valence-electron chi connectivity index (χ2n) is 4.29. The van der Waals surface area contributed by atoms with Gasteiger partial charge in [0.05, 0.1) is 12.2 Å². The van der Waals surface area contributed by atoms with Gasteiger partial charge in [-0.15, -0.1) is 0 Å². The number of furan rings is 1. The Morgan fingerprint density at radius 1 is 1.44 bits per heavy atom. The molecule has 0 aliphatic heterocycles. The van der Waals surface area contributed by atoms with Crippen LogP contribution >= 0.6 is 0 Å². The number of fused-ring (bicyclic) bond motifs is 1. The van der Waals surface area contributed by atoms with Gasteiger partial charge >= 0.3 is 0 Å². The van der Waals surface area contributed by atoms with Crippen molar-refractivity contribution in [3.63, 3.8) is 0 Å². The van der Waals surface area contributed by atoms with Crippen LogP contribution in [0.5, 0.6) is 0 Å². The van der Waals surface area contributed by atoms with Gasteiger partial charge in [-0.25, -0.2) is 0 Å². The molecule has 1 aromatic heterocycles. The molecule has 0 aliphatic carbocycles. The molecule has 0 saturated heterocycles. The highest BCUT2D eigenvalue weighted by Crippen LogP contribution is 2.23. The second-order valence-corrected chi connectivity index (χ2v) is 4.29. The first-order chi connectivity index (χ1) is 8.76. The first kappa shape index (κ1) is 12.6. The van der Waals surface area contributed by atoms with Crippen molar-refractivity contribution in [3.8, 4) is 0 Å². The molecule has 4 nitrogen and oxygen atoms in total. The average Bonchev–Trinajstić information content (AvgIpc) is 2.79. The van der Waals surface area contributed by atoms with Gasteiger partial charge in [0, 0.05) is 18.5 Å². The maximum Gasteiger partial charge on any atom is 0.224 e. The first-order valence-corrected chi connectivity index (χ1v) is 6.19. The highest BCUT2D eigenvalue weighted by molar-refractivity contribution is 5.83. The van der Waals surface area contributed by atoms with Crippen LogP contribution < -0.4 is 11.1 Å². The fraction of sp³-hybridized carbons (Fsp3) is 0.357. The number of rotatable bonds is 5. The van der Waals surface area contributed by atoms with E-state index < -0.39 is 0 Å². The molecule has 96 valence electrons. The second kappa shape index (κ2) is 5.69. The summed E-state index contributed by atoms with van der Waals surface area (Å²) in [6, 6.07) is 7.81. The molecule has 0 bridgehead atoms. The molecule has 2 aromatic rings. The van der Waals surface area contributed by atoms with E-state index in [2.05, 4.69) is 5.32 Å². The van der Waals surface area contributed by atoms with Crippen LogP contribution in [-0.2, 0) is 11.2 Å². The van der Waals surface area contributed by atoms with E-state index in [9.17, 15) is 4.79 Å². The van der Waals surface area contributed by atoms with E-state index in [0.717, 1.165) is 16.5 Å². The Kier molecular flexibility index (Phi) is 3.99. The number of nitrogens with one attached hydrogen (secondary N) is 1. The van der Waals surface area contributed by atoms with Gasteiger partial charge in [0.2, 0.25) is 5.91 Å². The lowest BCUT2D eigenvalue weighted by Gasteiger charge is -2.13. The predicted molar refractivity (Wildman–Crippen MR) is 71.1 cm³/mol. The fourth-order valence-corrected chi connectivity index (χ4v) is 2.06. The fourth-order valence-electron chi connectivity index (χ4n) is 2.06. The number of amides is 1. The Labute approximate surface area is 106 Å². The summed E-state index contributed by atoms with van der Waals surface area (Å²) in [6.45, 7) is 2.87. The molecule has 1 unspecified atom stereocenters. The zero-order chi connectivity index (χ0) is 13.0. The molecule has 0 radical (unpaired) electrons. The Hall–Kier alpha value is -1.81. The van der Waals surface area contributed by atoms with Crippen molar-refractivity contribution in [2.75, 3.05) is 13.1 Å². The van der Waals surface area contributed by atoms with E-state index in [1.54, 1.807) is 6.26 Å². The first-order valence-electron chi connectivity index (χ1n) is 6.19. The van der Waals surface area contributed by atoms with Gasteiger partial charge in [-0.05, 0) is 25.0 Å². The number of benzene rings is 1. The van der Waals surface area contributed by atoms with E-state index in [0.29, 0.717) is 19.5 Å². The summed E-state index contributed by atoms with van der Waals surface area (Å²) in [7, 11) is 0. The van der Waals surface area contributed by atoms with E-state index in [1.165, 1.54) is 0 Å². The molecule has 1 aromatic carbocycles. The zero-order valence-electron chi connectivity index (χ0n) is 10.5. The van der Waals surface area contributed by atoms with Crippen LogP contribution in [0.2, 0.25) is 0 Å². The van der Waals surface area contributed by atoms with Crippen LogP contribution in [0.1, 0.15) is 12.5 Å². The van der Waals surface area contributed by atoms with Crippen LogP contribution in [0.4, 0.5) is 0 Å². The predicted octanol–water partition coefficient (Wildman–Crippen LogP) is 1.69. The molecule has 3 N–H and O–H groups in total. The van der Waals surface area contributed by atoms with Crippen molar-refractivity contribution in [1.29, 1.82) is 0 Å². The number of carbonyl (C=O) groups excluding carboxylic acids is 1. The Morgan fingerprint density at radius 3 is 2.94 bits per heavy atom. The van der Waals surface area contributed by atoms with E-state index in [1.807, 2.05) is 31.2 Å². The van der Waals surface area contributed by atoms with Gasteiger partial charge in [0.1, 0.15) is 5.58 Å². The normalized spacial score (nSPS) is 12.6. The summed E-state index contributed by atoms with van der Waals surface area (Å²) in [6.07, 6.45) is 2.33. The molecule has 0 fully saturated rings. The smallest absolute Gasteiger partial charge is 0.224 e. The van der Waals surface area contributed by atoms with E-state index >= 15 is 0 Å². The molecule has 0 aliphatic rings. The quantitative estimate of drug-likeness (QED) is 0.843. The minimum atomic E-state index is -0.203. The number of para-hydroxylation sites is 1. The van der Waals surface area contributed by atoms with Gasteiger partial charge in [-0.3, -0.25) is 4.79 Å². The van der Waals surface area contributed by atoms with Crippen LogP contribution in [0, 0.1) is 5.92 Å². The van der Waals surface area contributed by atoms with Crippen LogP contribution in [0.15, 0.2) is 34.9 Å². The van der Waals surface area contributed by atoms with Gasteiger partial charge < -0.3 is 15.5 Å². The molecule has 4 heteroatoms. The van der Waals surface area contributed by atoms with Gasteiger partial charge in [0.25, 0.3) is 0 Å². The average molecular weight is 246 g/mol. The standard InChI is InChI=1S/C14H18N2O2/c1-2-16-14(17)10(8-15)7-11-9-18-13-6-4-3-5-12(11)13/h3-6,9-10H,2,7-8,15H2,1H3,(H,16,17). The highest BCUT2D eigenvalue weighted by Gasteiger charge is 2.18. The third-order valence-corrected chi connectivity index (χ3v) is 3.03. The SMILES string of the molecule is CCNC(=O)C(CN)Cc1coc2ccccc12. The minimum Gasteiger partial charge on any atom is -0.464 e. The Balaban J connectivity index is 2.19. The van der Waals surface area contributed by atoms with Gasteiger partial charge in [-0.2, -0.15) is 0 Å². The maximum absolute atomic E-state index is 11.8. The van der Waals surface area contributed by atoms with Crippen molar-refractivity contribution in [3.05, 3.63) is 36.1 Å². The largest absolute Gasteiger partial charge is 0.464 e. The Morgan fingerprint density at radius 2 is 2.22 bits per heavy atom. The summed E-state index contributed by atoms with van der Waals surface area (Å²) in [5.74, 6) is -0.198. The lowest BCUT2D eigenvalue weighted by Crippen LogP contribution is -2.36. The summed E-state index contributed by atoms with van der Waals surface area (Å²) >= 11 is 0. The number of carbonyl (C=O) groups is 1. The maximum atomic E-state index is 11.8. The number of nitrogens with two attached hydrogens (primary N) is 1. The third-order valence-electron chi connectivity index (χ3n) is 3.03. The van der Waals surface area contributed by atoms with Crippen molar-refractivity contribution >= 4 is 16.9 Å². The van der Waals surface area contributed by atoms with Crippen molar-refractivity contribution in [2.45, 2.75) is 13.3 Å². The van der Waals surface area contributed by atoms with E-state index in [4.69, 9.17) is 10.2 Å². The van der Waals surface area contributed by atoms with Gasteiger partial charge in [-0.1, -0.05) is 18.2 Å². The third kappa shape index (κ3) is 2.54. The highest BCUT2D eigenvalue weighted by atomic mass is 16.3. The molecular formula is C14H18N2O2. The molecule has 1 amide bonds. The minimum absolute atomic E-state index is 0.00489. The number of hydrogen-bond acceptors (Lipinski definition) is 3. The van der Waals surface area contributed by atoms with Gasteiger partial charge in [0.15, 0.2) is 0 Å². The number of hydrogen-bond donors (Lipinski definition) is 2. The molecule has 2 rings (SSSR count). The van der Waals surface area contributed by atoms with Crippen molar-refractivity contribution in [1.82, 2.24) is 5.32 Å². The van der Waals surface area contributed by atoms with Crippen molar-refractivity contribution in [2.24, 2.45) is 11.7 Å². The topological polar surface area (TPSA) is 68.3 Å². The molecule has 18 heavy (non-hydrogen) atoms. The summed E-state index contributed by atoms with van der Waals surface area (Å²) < 4.78 is 5.46. The lowest BCUT2D eigenvalue weighted by atomic mass is 9.98. The van der Waals surface area contributed by atoms with E-state index in [-0.39, 0.29) is 11.8 Å². The lowest BCUT2D eigenvalue weighted by molar-refractivity contribution is -0.124. The molecule has 0 spiro atoms. The molecule has 1 atom stereocenters. The summed E-state index contributed by atoms with van der Waals surface area (Å²) in [5.41, 5.74) is 7.55. The van der Waals surface area contributed by atoms with Crippen LogP contribution in [0.3, 0.4) is 0 Å². The summed E-state index contributed by atoms with van der Waals surface area (Å²) in [5, 5.41) is 3.86. The van der Waals surface area contributed by atoms with Crippen LogP contribution in [0.25, 0.3) is 11.0 Å². The summed E-state index contributed by atoms with van der Waals surface area (Å²) in [4.78, 5) is 11.8. The Bertz CT molecular complexity index is 533. The monoisotopic (exact) mass is 246 g/mol. The zero-order valence-corrected chi connectivity index (χ0v) is 10.5.